The maximum atomic E-state index is 16.0. The maximum absolute atomic E-state index is 16.0. The topological polar surface area (TPSA) is 96.4 Å². The zero-order valence-electron chi connectivity index (χ0n) is 31.0. The third kappa shape index (κ3) is 7.27. The lowest BCUT2D eigenvalue weighted by atomic mass is 9.69. The fourth-order valence-electron chi connectivity index (χ4n) is 9.83. The molecule has 3 saturated heterocycles. The quantitative estimate of drug-likeness (QED) is 0.273. The van der Waals surface area contributed by atoms with Gasteiger partial charge in [-0.15, -0.1) is 0 Å². The zero-order valence-corrected chi connectivity index (χ0v) is 31.0. The van der Waals surface area contributed by atoms with Crippen LogP contribution in [0.3, 0.4) is 0 Å². The highest BCUT2D eigenvalue weighted by molar-refractivity contribution is 6.05. The number of imide groups is 1. The third-order valence-electron chi connectivity index (χ3n) is 12.5. The molecule has 4 heterocycles. The van der Waals surface area contributed by atoms with Gasteiger partial charge in [0.25, 0.3) is 5.91 Å². The van der Waals surface area contributed by atoms with Crippen LogP contribution in [-0.2, 0) is 22.6 Å². The van der Waals surface area contributed by atoms with Crippen LogP contribution in [0.4, 0.5) is 15.8 Å². The zero-order chi connectivity index (χ0) is 36.8. The molecule has 3 fully saturated rings. The van der Waals surface area contributed by atoms with E-state index in [1.807, 2.05) is 24.3 Å². The lowest BCUT2D eigenvalue weighted by molar-refractivity contribution is -0.136. The summed E-state index contributed by atoms with van der Waals surface area (Å²) in [6.45, 7) is 11.4. The fraction of sp³-hybridized carbons (Fsp3) is 0.512. The predicted octanol–water partition coefficient (Wildman–Crippen LogP) is 6.07. The Labute approximate surface area is 312 Å². The number of benzene rings is 3. The van der Waals surface area contributed by atoms with Gasteiger partial charge in [0.2, 0.25) is 11.8 Å². The smallest absolute Gasteiger partial charge is 0.255 e. The summed E-state index contributed by atoms with van der Waals surface area (Å²) in [5, 5.41) is 12.5. The molecule has 9 nitrogen and oxygen atoms in total. The minimum absolute atomic E-state index is 0.133. The second-order valence-electron chi connectivity index (χ2n) is 16.5. The number of anilines is 2. The average Bonchev–Trinajstić information content (AvgIpc) is 3.47. The Kier molecular flexibility index (Phi) is 9.91. The Bertz CT molecular complexity index is 1880. The number of phenolic OH excluding ortho intramolecular Hbond substituents is 1. The molecule has 3 aromatic carbocycles. The van der Waals surface area contributed by atoms with Crippen molar-refractivity contribution in [1.29, 1.82) is 0 Å². The number of phenols is 1. The summed E-state index contributed by atoms with van der Waals surface area (Å²) in [5.74, 6) is 1.10. The van der Waals surface area contributed by atoms with Crippen molar-refractivity contribution < 1.29 is 23.9 Å². The Hall–Kier alpha value is -4.44. The number of amides is 3. The second kappa shape index (κ2) is 14.8. The van der Waals surface area contributed by atoms with Gasteiger partial charge in [-0.05, 0) is 121 Å². The van der Waals surface area contributed by atoms with Crippen LogP contribution in [0, 0.1) is 23.6 Å². The van der Waals surface area contributed by atoms with Crippen molar-refractivity contribution >= 4 is 29.1 Å². The van der Waals surface area contributed by atoms with E-state index in [1.54, 1.807) is 17.0 Å². The number of fused-ring (bicyclic) bond motifs is 2. The van der Waals surface area contributed by atoms with Crippen LogP contribution >= 0.6 is 0 Å². The van der Waals surface area contributed by atoms with Crippen LogP contribution in [0.25, 0.3) is 0 Å². The molecule has 1 aliphatic carbocycles. The molecular weight excluding hydrogens is 670 g/mol. The van der Waals surface area contributed by atoms with E-state index < -0.39 is 6.04 Å². The van der Waals surface area contributed by atoms with Crippen molar-refractivity contribution in [2.45, 2.75) is 77.3 Å². The number of carbonyl (C=O) groups is 3. The molecule has 0 radical (unpaired) electrons. The third-order valence-corrected chi connectivity index (χ3v) is 12.5. The summed E-state index contributed by atoms with van der Waals surface area (Å²) in [6, 6.07) is 17.1. The number of aryl methyl sites for hydroxylation is 1. The average molecular weight is 722 g/mol. The molecule has 0 aromatic heterocycles. The van der Waals surface area contributed by atoms with Gasteiger partial charge in [-0.25, -0.2) is 4.39 Å². The molecule has 0 saturated carbocycles. The first-order valence-corrected chi connectivity index (χ1v) is 19.7. The van der Waals surface area contributed by atoms with Crippen LogP contribution in [0.15, 0.2) is 54.6 Å². The fourth-order valence-corrected chi connectivity index (χ4v) is 9.83. The van der Waals surface area contributed by atoms with Crippen molar-refractivity contribution in [2.24, 2.45) is 17.8 Å². The number of piperidine rings is 2. The van der Waals surface area contributed by atoms with Crippen molar-refractivity contribution in [2.75, 3.05) is 55.6 Å². The number of halogens is 1. The van der Waals surface area contributed by atoms with Crippen molar-refractivity contribution in [3.8, 4) is 5.75 Å². The molecule has 4 aliphatic heterocycles. The molecule has 0 unspecified atom stereocenters. The van der Waals surface area contributed by atoms with Gasteiger partial charge in [0.05, 0.1) is 5.69 Å². The number of hydrogen-bond acceptors (Lipinski definition) is 7. The minimum atomic E-state index is -0.601. The molecule has 2 N–H and O–H groups in total. The van der Waals surface area contributed by atoms with E-state index in [0.717, 1.165) is 94.7 Å². The summed E-state index contributed by atoms with van der Waals surface area (Å²) < 4.78 is 16.0. The summed E-state index contributed by atoms with van der Waals surface area (Å²) >= 11 is 0. The van der Waals surface area contributed by atoms with Gasteiger partial charge >= 0.3 is 0 Å². The van der Waals surface area contributed by atoms with Crippen LogP contribution in [0.1, 0.15) is 90.9 Å². The molecule has 280 valence electrons. The molecule has 0 bridgehead atoms. The number of carbonyl (C=O) groups excluding carboxylic acids is 3. The Morgan fingerprint density at radius 2 is 1.62 bits per heavy atom. The molecule has 3 atom stereocenters. The van der Waals surface area contributed by atoms with Gasteiger partial charge in [0.15, 0.2) is 0 Å². The van der Waals surface area contributed by atoms with E-state index in [0.29, 0.717) is 47.7 Å². The summed E-state index contributed by atoms with van der Waals surface area (Å²) in [5.41, 5.74) is 6.85. The largest absolute Gasteiger partial charge is 0.508 e. The number of hydrogen-bond donors (Lipinski definition) is 2. The number of nitrogens with zero attached hydrogens (tertiary/aromatic N) is 4. The van der Waals surface area contributed by atoms with E-state index in [9.17, 15) is 19.5 Å². The monoisotopic (exact) mass is 721 g/mol. The van der Waals surface area contributed by atoms with Gasteiger partial charge in [-0.3, -0.25) is 24.6 Å². The predicted molar refractivity (Wildman–Crippen MR) is 204 cm³/mol. The van der Waals surface area contributed by atoms with E-state index in [2.05, 4.69) is 52.1 Å². The van der Waals surface area contributed by atoms with E-state index >= 15 is 4.39 Å². The summed E-state index contributed by atoms with van der Waals surface area (Å²) in [4.78, 5) is 46.0. The van der Waals surface area contributed by atoms with E-state index in [4.69, 9.17) is 0 Å². The van der Waals surface area contributed by atoms with Crippen LogP contribution in [0.2, 0.25) is 0 Å². The molecule has 10 heteroatoms. The standard InChI is InChI=1S/C43H52FN5O4/c1-27(2)21-30-4-3-29-23-34(50)7-9-35(29)41(30)31-5-10-38(37(44)24-31)48-15-13-28(14-16-48)25-46-17-19-47(20-18-46)33-6-8-36-32(22-33)26-49(43(36)53)39-11-12-40(51)45-42(39)52/h5-10,22-24,27-28,30,39,41,50H,3-4,11-21,25-26H2,1-2H3,(H,45,51,52)/t30-,39+,41-/m1/s1. The van der Waals surface area contributed by atoms with Gasteiger partial charge in [-0.2, -0.15) is 0 Å². The lowest BCUT2D eigenvalue weighted by Gasteiger charge is -2.40. The highest BCUT2D eigenvalue weighted by Crippen LogP contribution is 2.45. The first kappa shape index (κ1) is 35.6. The minimum Gasteiger partial charge on any atom is -0.508 e. The normalized spacial score (nSPS) is 24.1. The van der Waals surface area contributed by atoms with Gasteiger partial charge < -0.3 is 19.8 Å². The van der Waals surface area contributed by atoms with Gasteiger partial charge in [0.1, 0.15) is 17.6 Å². The number of aromatic hydroxyl groups is 1. The first-order valence-electron chi connectivity index (χ1n) is 19.7. The SMILES string of the molecule is CC(C)C[C@H]1CCc2cc(O)ccc2[C@H]1c1ccc(N2CCC(CN3CCN(c4ccc5c(c4)CN([C@H]4CCC(=O)NC4=O)C5=O)CC3)CC2)c(F)c1. The van der Waals surface area contributed by atoms with Crippen molar-refractivity contribution in [3.05, 3.63) is 88.2 Å². The lowest BCUT2D eigenvalue weighted by Crippen LogP contribution is -2.52. The highest BCUT2D eigenvalue weighted by Gasteiger charge is 2.39. The second-order valence-corrected chi connectivity index (χ2v) is 16.5. The number of nitrogens with one attached hydrogen (secondary N) is 1. The Balaban J connectivity index is 0.841. The molecule has 5 aliphatic rings. The maximum Gasteiger partial charge on any atom is 0.255 e. The van der Waals surface area contributed by atoms with Crippen LogP contribution in [0.5, 0.6) is 5.75 Å². The van der Waals surface area contributed by atoms with Crippen molar-refractivity contribution in [1.82, 2.24) is 15.1 Å². The van der Waals surface area contributed by atoms with Gasteiger partial charge in [0, 0.05) is 75.9 Å². The summed E-state index contributed by atoms with van der Waals surface area (Å²) in [6.07, 6.45) is 5.80. The van der Waals surface area contributed by atoms with E-state index in [-0.39, 0.29) is 35.9 Å². The molecular formula is C43H52FN5O4. The summed E-state index contributed by atoms with van der Waals surface area (Å²) in [7, 11) is 0. The Morgan fingerprint density at radius 3 is 2.36 bits per heavy atom. The number of rotatable bonds is 8. The van der Waals surface area contributed by atoms with Crippen LogP contribution in [-0.4, -0.2) is 84.5 Å². The Morgan fingerprint density at radius 1 is 0.830 bits per heavy atom. The first-order chi connectivity index (χ1) is 25.6. The van der Waals surface area contributed by atoms with Crippen molar-refractivity contribution in [3.63, 3.8) is 0 Å². The molecule has 0 spiro atoms. The van der Waals surface area contributed by atoms with Gasteiger partial charge in [-0.1, -0.05) is 26.0 Å². The molecule has 3 amide bonds. The van der Waals surface area contributed by atoms with Crippen LogP contribution < -0.4 is 15.1 Å². The molecule has 53 heavy (non-hydrogen) atoms. The molecule has 8 rings (SSSR count). The van der Waals surface area contributed by atoms with E-state index in [1.165, 1.54) is 11.1 Å². The number of piperazine rings is 1. The molecule has 3 aromatic rings. The highest BCUT2D eigenvalue weighted by atomic mass is 19.1.